The smallest absolute Gasteiger partial charge is 0.313 e. The van der Waals surface area contributed by atoms with Crippen molar-refractivity contribution in [3.05, 3.63) is 0 Å². The van der Waals surface area contributed by atoms with Crippen molar-refractivity contribution in [3.63, 3.8) is 0 Å². The molecule has 6 bridgehead atoms. The summed E-state index contributed by atoms with van der Waals surface area (Å²) in [4.78, 5) is 82.5. The maximum Gasteiger partial charge on any atom is 0.313 e. The highest BCUT2D eigenvalue weighted by molar-refractivity contribution is 5.89. The maximum atomic E-state index is 14.6. The van der Waals surface area contributed by atoms with Crippen LogP contribution in [0.25, 0.3) is 0 Å². The molecule has 6 aliphatic rings. The summed E-state index contributed by atoms with van der Waals surface area (Å²) in [6.07, 6.45) is 2.85. The molecule has 0 heterocycles. The summed E-state index contributed by atoms with van der Waals surface area (Å²) < 4.78 is 34.6. The average Bonchev–Trinajstić information content (AvgIpc) is 3.87. The van der Waals surface area contributed by atoms with Crippen LogP contribution in [0, 0.1) is 76.9 Å². The molecule has 0 aliphatic heterocycles. The van der Waals surface area contributed by atoms with Crippen LogP contribution in [0.5, 0.6) is 0 Å². The van der Waals surface area contributed by atoms with E-state index in [1.54, 1.807) is 27.7 Å². The van der Waals surface area contributed by atoms with Crippen molar-refractivity contribution in [2.45, 2.75) is 98.2 Å². The first-order chi connectivity index (χ1) is 23.8. The Balaban J connectivity index is 1.29. The molecule has 15 atom stereocenters. The molecular weight excluding hydrogens is 648 g/mol. The molecular formula is C38H54O12. The first-order valence-electron chi connectivity index (χ1n) is 18.9. The van der Waals surface area contributed by atoms with Gasteiger partial charge in [-0.2, -0.15) is 0 Å². The molecule has 6 saturated carbocycles. The fourth-order valence-electron chi connectivity index (χ4n) is 11.8. The molecule has 0 aromatic carbocycles. The van der Waals surface area contributed by atoms with Crippen LogP contribution >= 0.6 is 0 Å². The van der Waals surface area contributed by atoms with Crippen molar-refractivity contribution in [3.8, 4) is 0 Å². The van der Waals surface area contributed by atoms with Gasteiger partial charge in [-0.05, 0) is 108 Å². The van der Waals surface area contributed by atoms with Crippen LogP contribution in [0.3, 0.4) is 0 Å². The standard InChI is InChI=1S/C38H54O12/c1-8-45-31(39)27-23-16-37(14-19(23)6,29(27)35(43)47-10-3)49-33(41)25-21-12-18(5)22(13-21)26(25)34(42)50-38-15-20(7)24(17-38)28(32(40)46-9-2)30(38)36(44)48-11-4/h18-30H,8-17H2,1-7H3. The Morgan fingerprint density at radius 1 is 0.460 bits per heavy atom. The number of rotatable bonds is 12. The summed E-state index contributed by atoms with van der Waals surface area (Å²) in [5.41, 5.74) is -2.52. The largest absolute Gasteiger partial charge is 0.466 e. The topological polar surface area (TPSA) is 158 Å². The van der Waals surface area contributed by atoms with Crippen LogP contribution in [0.1, 0.15) is 87.0 Å². The van der Waals surface area contributed by atoms with Crippen LogP contribution < -0.4 is 0 Å². The van der Waals surface area contributed by atoms with E-state index >= 15 is 0 Å². The Morgan fingerprint density at radius 2 is 0.860 bits per heavy atom. The lowest BCUT2D eigenvalue weighted by molar-refractivity contribution is -0.196. The molecule has 0 aromatic heterocycles. The lowest BCUT2D eigenvalue weighted by Crippen LogP contribution is -2.53. The number of hydrogen-bond donors (Lipinski definition) is 0. The van der Waals surface area contributed by atoms with Gasteiger partial charge in [-0.15, -0.1) is 0 Å². The van der Waals surface area contributed by atoms with Crippen LogP contribution in [0.4, 0.5) is 0 Å². The second kappa shape index (κ2) is 13.7. The quantitative estimate of drug-likeness (QED) is 0.210. The minimum absolute atomic E-state index is 0.00498. The molecule has 0 aromatic rings. The molecule has 0 N–H and O–H groups in total. The molecule has 278 valence electrons. The van der Waals surface area contributed by atoms with Crippen molar-refractivity contribution in [1.82, 2.24) is 0 Å². The minimum Gasteiger partial charge on any atom is -0.466 e. The van der Waals surface area contributed by atoms with Crippen molar-refractivity contribution in [2.75, 3.05) is 26.4 Å². The van der Waals surface area contributed by atoms with E-state index in [-0.39, 0.29) is 67.9 Å². The average molecular weight is 703 g/mol. The van der Waals surface area contributed by atoms with Gasteiger partial charge in [0.2, 0.25) is 0 Å². The molecule has 15 unspecified atom stereocenters. The zero-order valence-electron chi connectivity index (χ0n) is 30.5. The third kappa shape index (κ3) is 5.71. The third-order valence-corrected chi connectivity index (χ3v) is 13.4. The number of esters is 6. The lowest BCUT2D eigenvalue weighted by Gasteiger charge is -2.41. The van der Waals surface area contributed by atoms with Crippen LogP contribution in [0.2, 0.25) is 0 Å². The lowest BCUT2D eigenvalue weighted by atomic mass is 9.71. The molecule has 0 saturated heterocycles. The Morgan fingerprint density at radius 3 is 1.28 bits per heavy atom. The fraction of sp³-hybridized carbons (Fsp3) is 0.842. The molecule has 50 heavy (non-hydrogen) atoms. The highest BCUT2D eigenvalue weighted by Crippen LogP contribution is 2.64. The van der Waals surface area contributed by atoms with Gasteiger partial charge in [0.05, 0.1) is 50.1 Å². The van der Waals surface area contributed by atoms with Crippen LogP contribution in [-0.2, 0) is 57.2 Å². The molecule has 6 fully saturated rings. The predicted molar refractivity (Wildman–Crippen MR) is 174 cm³/mol. The number of ether oxygens (including phenoxy) is 6. The number of carbonyl (C=O) groups excluding carboxylic acids is 6. The molecule has 6 aliphatic carbocycles. The summed E-state index contributed by atoms with van der Waals surface area (Å²) >= 11 is 0. The van der Waals surface area contributed by atoms with Gasteiger partial charge in [0.25, 0.3) is 0 Å². The van der Waals surface area contributed by atoms with E-state index in [9.17, 15) is 28.8 Å². The summed E-state index contributed by atoms with van der Waals surface area (Å²) in [7, 11) is 0. The van der Waals surface area contributed by atoms with Crippen molar-refractivity contribution in [1.29, 1.82) is 0 Å². The van der Waals surface area contributed by atoms with E-state index in [1.165, 1.54) is 0 Å². The summed E-state index contributed by atoms with van der Waals surface area (Å²) in [6, 6.07) is 0. The van der Waals surface area contributed by atoms with E-state index in [0.29, 0.717) is 32.1 Å². The molecule has 0 spiro atoms. The van der Waals surface area contributed by atoms with Crippen LogP contribution in [-0.4, -0.2) is 73.4 Å². The normalized spacial score (nSPS) is 43.4. The molecule has 6 rings (SSSR count). The van der Waals surface area contributed by atoms with Gasteiger partial charge in [0, 0.05) is 0 Å². The van der Waals surface area contributed by atoms with Crippen molar-refractivity contribution in [2.24, 2.45) is 76.9 Å². The number of fused-ring (bicyclic) bond motifs is 6. The van der Waals surface area contributed by atoms with E-state index in [0.717, 1.165) is 6.42 Å². The number of carbonyl (C=O) groups is 6. The zero-order chi connectivity index (χ0) is 36.3. The molecule has 0 amide bonds. The molecule has 12 heteroatoms. The highest BCUT2D eigenvalue weighted by Gasteiger charge is 2.71. The van der Waals surface area contributed by atoms with Gasteiger partial charge in [-0.3, -0.25) is 28.8 Å². The molecule has 0 radical (unpaired) electrons. The second-order valence-corrected chi connectivity index (χ2v) is 16.0. The Hall–Kier alpha value is -3.18. The third-order valence-electron chi connectivity index (χ3n) is 13.4. The summed E-state index contributed by atoms with van der Waals surface area (Å²) in [5, 5.41) is 0. The maximum absolute atomic E-state index is 14.6. The Bertz CT molecular complexity index is 1390. The summed E-state index contributed by atoms with van der Waals surface area (Å²) in [5.74, 6) is -9.08. The van der Waals surface area contributed by atoms with Gasteiger partial charge < -0.3 is 28.4 Å². The zero-order valence-corrected chi connectivity index (χ0v) is 30.5. The predicted octanol–water partition coefficient (Wildman–Crippen LogP) is 4.30. The van der Waals surface area contributed by atoms with E-state index in [1.807, 2.05) is 13.8 Å². The van der Waals surface area contributed by atoms with Gasteiger partial charge in [0.15, 0.2) is 0 Å². The summed E-state index contributed by atoms with van der Waals surface area (Å²) in [6.45, 7) is 13.4. The minimum atomic E-state index is -1.26. The van der Waals surface area contributed by atoms with Crippen molar-refractivity contribution >= 4 is 35.8 Å². The Labute approximate surface area is 294 Å². The van der Waals surface area contributed by atoms with Gasteiger partial charge in [-0.1, -0.05) is 20.8 Å². The van der Waals surface area contributed by atoms with E-state index in [2.05, 4.69) is 6.92 Å². The second-order valence-electron chi connectivity index (χ2n) is 16.0. The van der Waals surface area contributed by atoms with Gasteiger partial charge in [-0.25, -0.2) is 0 Å². The van der Waals surface area contributed by atoms with Gasteiger partial charge >= 0.3 is 35.8 Å². The van der Waals surface area contributed by atoms with E-state index in [4.69, 9.17) is 28.4 Å². The molecule has 12 nitrogen and oxygen atoms in total. The van der Waals surface area contributed by atoms with Crippen LogP contribution in [0.15, 0.2) is 0 Å². The van der Waals surface area contributed by atoms with Gasteiger partial charge in [0.1, 0.15) is 23.0 Å². The van der Waals surface area contributed by atoms with Crippen molar-refractivity contribution < 1.29 is 57.2 Å². The fourth-order valence-corrected chi connectivity index (χ4v) is 11.8. The SMILES string of the molecule is CCOC(=O)C1C2CC(OC(=O)C3C4CC(C)C(C4)C3C(=O)OC34CC(C)C(C3)C(C(=O)OCC)C4C(=O)OCC)(CC2C)C1C(=O)OCC. The monoisotopic (exact) mass is 702 g/mol. The number of hydrogen-bond acceptors (Lipinski definition) is 12. The Kier molecular flexibility index (Phi) is 10.1. The highest BCUT2D eigenvalue weighted by atomic mass is 16.6. The first-order valence-corrected chi connectivity index (χ1v) is 18.9. The van der Waals surface area contributed by atoms with E-state index < -0.39 is 82.5 Å². The first kappa shape index (κ1) is 36.6.